The van der Waals surface area contributed by atoms with E-state index < -0.39 is 0 Å². The number of esters is 1. The molecule has 3 rings (SSSR count). The molecule has 3 aromatic carbocycles. The number of rotatable bonds is 12. The van der Waals surface area contributed by atoms with E-state index in [1.807, 2.05) is 36.4 Å². The first-order chi connectivity index (χ1) is 16.1. The quantitative estimate of drug-likeness (QED) is 0.160. The van der Waals surface area contributed by atoms with Crippen LogP contribution in [0.1, 0.15) is 81.1 Å². The summed E-state index contributed by atoms with van der Waals surface area (Å²) in [6.07, 6.45) is 7.10. The molecule has 0 saturated heterocycles. The van der Waals surface area contributed by atoms with E-state index in [0.717, 1.165) is 23.3 Å². The zero-order chi connectivity index (χ0) is 23.5. The van der Waals surface area contributed by atoms with Gasteiger partial charge in [-0.25, -0.2) is 4.79 Å². The average molecular weight is 445 g/mol. The van der Waals surface area contributed by atoms with Gasteiger partial charge in [0.1, 0.15) is 11.5 Å². The van der Waals surface area contributed by atoms with Crippen molar-refractivity contribution in [2.24, 2.45) is 0 Å². The van der Waals surface area contributed by atoms with Crippen LogP contribution in [0.25, 0.3) is 11.1 Å². The Bertz CT molecular complexity index is 973. The lowest BCUT2D eigenvalue weighted by molar-refractivity contribution is 0.0734. The molecule has 0 fully saturated rings. The number of unbranched alkanes of at least 4 members (excludes halogenated alkanes) is 3. The summed E-state index contributed by atoms with van der Waals surface area (Å²) in [6, 6.07) is 23.5. The summed E-state index contributed by atoms with van der Waals surface area (Å²) in [6.45, 7) is 7.40. The number of hydrogen-bond acceptors (Lipinski definition) is 3. The highest BCUT2D eigenvalue weighted by molar-refractivity contribution is 5.91. The number of carbonyl (C=O) groups is 1. The van der Waals surface area contributed by atoms with Gasteiger partial charge in [-0.15, -0.1) is 0 Å². The van der Waals surface area contributed by atoms with Crippen molar-refractivity contribution in [3.8, 4) is 22.6 Å². The first-order valence-electron chi connectivity index (χ1n) is 12.3. The Hall–Kier alpha value is -3.07. The number of carbonyl (C=O) groups excluding carboxylic acids is 1. The van der Waals surface area contributed by atoms with Crippen LogP contribution in [0.5, 0.6) is 11.5 Å². The molecule has 0 saturated carbocycles. The van der Waals surface area contributed by atoms with Crippen molar-refractivity contribution in [2.45, 2.75) is 65.2 Å². The molecule has 174 valence electrons. The van der Waals surface area contributed by atoms with E-state index in [0.29, 0.717) is 23.8 Å². The van der Waals surface area contributed by atoms with Crippen LogP contribution in [0.15, 0.2) is 72.8 Å². The van der Waals surface area contributed by atoms with Gasteiger partial charge in [0.2, 0.25) is 0 Å². The lowest BCUT2D eigenvalue weighted by atomic mass is 9.94. The highest BCUT2D eigenvalue weighted by Crippen LogP contribution is 2.26. The van der Waals surface area contributed by atoms with Crippen LogP contribution in [0.2, 0.25) is 0 Å². The molecule has 0 aliphatic carbocycles. The highest BCUT2D eigenvalue weighted by atomic mass is 16.5. The van der Waals surface area contributed by atoms with E-state index in [9.17, 15) is 4.79 Å². The zero-order valence-electron chi connectivity index (χ0n) is 20.2. The SMILES string of the molecule is CCCCCCOc1ccc(OC(=O)c2ccc(-c3ccc([C@H](C)CCC)cc3)cc2)cc1. The van der Waals surface area contributed by atoms with Crippen LogP contribution < -0.4 is 9.47 Å². The second-order valence-corrected chi connectivity index (χ2v) is 8.66. The van der Waals surface area contributed by atoms with Gasteiger partial charge in [-0.3, -0.25) is 0 Å². The number of hydrogen-bond donors (Lipinski definition) is 0. The Balaban J connectivity index is 1.54. The predicted octanol–water partition coefficient (Wildman–Crippen LogP) is 8.44. The van der Waals surface area contributed by atoms with Crippen LogP contribution in [-0.2, 0) is 0 Å². The molecule has 0 heterocycles. The van der Waals surface area contributed by atoms with Gasteiger partial charge in [0, 0.05) is 0 Å². The molecule has 0 aliphatic rings. The second-order valence-electron chi connectivity index (χ2n) is 8.66. The van der Waals surface area contributed by atoms with Gasteiger partial charge in [-0.2, -0.15) is 0 Å². The third kappa shape index (κ3) is 7.49. The van der Waals surface area contributed by atoms with Crippen molar-refractivity contribution in [3.63, 3.8) is 0 Å². The predicted molar refractivity (Wildman–Crippen MR) is 136 cm³/mol. The summed E-state index contributed by atoms with van der Waals surface area (Å²) in [7, 11) is 0. The molecule has 1 atom stereocenters. The van der Waals surface area contributed by atoms with E-state index >= 15 is 0 Å². The normalized spacial score (nSPS) is 11.7. The average Bonchev–Trinajstić information content (AvgIpc) is 2.85. The monoisotopic (exact) mass is 444 g/mol. The van der Waals surface area contributed by atoms with Crippen LogP contribution in [0, 0.1) is 0 Å². The lowest BCUT2D eigenvalue weighted by Gasteiger charge is -2.11. The van der Waals surface area contributed by atoms with Crippen molar-refractivity contribution in [3.05, 3.63) is 83.9 Å². The maximum Gasteiger partial charge on any atom is 0.343 e. The van der Waals surface area contributed by atoms with E-state index in [1.54, 1.807) is 12.1 Å². The van der Waals surface area contributed by atoms with E-state index in [-0.39, 0.29) is 5.97 Å². The standard InChI is InChI=1S/C30H36O3/c1-4-6-7-8-22-32-28-18-20-29(21-19-28)33-30(31)27-16-14-26(15-17-27)25-12-10-24(11-13-25)23(3)9-5-2/h10-21,23H,4-9,22H2,1-3H3/t23-/m1/s1. The van der Waals surface area contributed by atoms with Gasteiger partial charge < -0.3 is 9.47 Å². The fraction of sp³-hybridized carbons (Fsp3) is 0.367. The highest BCUT2D eigenvalue weighted by Gasteiger charge is 2.10. The largest absolute Gasteiger partial charge is 0.494 e. The fourth-order valence-corrected chi connectivity index (χ4v) is 3.89. The van der Waals surface area contributed by atoms with Crippen molar-refractivity contribution in [2.75, 3.05) is 6.61 Å². The third-order valence-electron chi connectivity index (χ3n) is 5.96. The number of benzene rings is 3. The Labute approximate surface area is 198 Å². The van der Waals surface area contributed by atoms with E-state index in [2.05, 4.69) is 45.0 Å². The zero-order valence-corrected chi connectivity index (χ0v) is 20.2. The topological polar surface area (TPSA) is 35.5 Å². The summed E-state index contributed by atoms with van der Waals surface area (Å²) >= 11 is 0. The molecule has 0 amide bonds. The van der Waals surface area contributed by atoms with Gasteiger partial charge in [0.05, 0.1) is 12.2 Å². The van der Waals surface area contributed by atoms with Gasteiger partial charge in [0.15, 0.2) is 0 Å². The summed E-state index contributed by atoms with van der Waals surface area (Å²) in [5.74, 6) is 1.52. The lowest BCUT2D eigenvalue weighted by Crippen LogP contribution is -2.08. The summed E-state index contributed by atoms with van der Waals surface area (Å²) < 4.78 is 11.3. The first kappa shape index (κ1) is 24.6. The smallest absolute Gasteiger partial charge is 0.343 e. The van der Waals surface area contributed by atoms with Crippen molar-refractivity contribution < 1.29 is 14.3 Å². The minimum atomic E-state index is -0.362. The molecule has 0 radical (unpaired) electrons. The van der Waals surface area contributed by atoms with Crippen molar-refractivity contribution in [1.82, 2.24) is 0 Å². The molecule has 0 aromatic heterocycles. The van der Waals surface area contributed by atoms with Crippen molar-refractivity contribution >= 4 is 5.97 Å². The molecule has 0 aliphatic heterocycles. The van der Waals surface area contributed by atoms with Gasteiger partial charge in [-0.05, 0) is 71.8 Å². The maximum absolute atomic E-state index is 12.5. The van der Waals surface area contributed by atoms with E-state index in [4.69, 9.17) is 9.47 Å². The molecular formula is C30H36O3. The van der Waals surface area contributed by atoms with Crippen LogP contribution in [0.3, 0.4) is 0 Å². The molecule has 3 nitrogen and oxygen atoms in total. The Kier molecular flexibility index (Phi) is 9.56. The van der Waals surface area contributed by atoms with Crippen LogP contribution >= 0.6 is 0 Å². The number of ether oxygens (including phenoxy) is 2. The maximum atomic E-state index is 12.5. The summed E-state index contributed by atoms with van der Waals surface area (Å²) in [5, 5.41) is 0. The van der Waals surface area contributed by atoms with Gasteiger partial charge in [-0.1, -0.05) is 82.9 Å². The Morgan fingerprint density at radius 3 is 1.94 bits per heavy atom. The minimum Gasteiger partial charge on any atom is -0.494 e. The first-order valence-corrected chi connectivity index (χ1v) is 12.3. The summed E-state index contributed by atoms with van der Waals surface area (Å²) in [5.41, 5.74) is 4.13. The van der Waals surface area contributed by atoms with Crippen molar-refractivity contribution in [1.29, 1.82) is 0 Å². The third-order valence-corrected chi connectivity index (χ3v) is 5.96. The molecular weight excluding hydrogens is 408 g/mol. The summed E-state index contributed by atoms with van der Waals surface area (Å²) in [4.78, 5) is 12.5. The van der Waals surface area contributed by atoms with Crippen LogP contribution in [0.4, 0.5) is 0 Å². The fourth-order valence-electron chi connectivity index (χ4n) is 3.89. The molecule has 3 aromatic rings. The van der Waals surface area contributed by atoms with E-state index in [1.165, 1.54) is 37.7 Å². The molecule has 33 heavy (non-hydrogen) atoms. The molecule has 0 bridgehead atoms. The molecule has 0 N–H and O–H groups in total. The van der Waals surface area contributed by atoms with Gasteiger partial charge in [0.25, 0.3) is 0 Å². The second kappa shape index (κ2) is 12.8. The molecule has 3 heteroatoms. The Morgan fingerprint density at radius 2 is 1.33 bits per heavy atom. The van der Waals surface area contributed by atoms with Gasteiger partial charge >= 0.3 is 5.97 Å². The Morgan fingerprint density at radius 1 is 0.727 bits per heavy atom. The molecule has 0 unspecified atom stereocenters. The minimum absolute atomic E-state index is 0.362. The van der Waals surface area contributed by atoms with Crippen LogP contribution in [-0.4, -0.2) is 12.6 Å². The molecule has 0 spiro atoms.